The maximum atomic E-state index is 5.39. The summed E-state index contributed by atoms with van der Waals surface area (Å²) in [6.07, 6.45) is 6.68. The molecule has 14 heavy (non-hydrogen) atoms. The van der Waals surface area contributed by atoms with E-state index in [1.165, 1.54) is 31.9 Å². The van der Waals surface area contributed by atoms with E-state index in [9.17, 15) is 0 Å². The van der Waals surface area contributed by atoms with E-state index in [1.807, 2.05) is 0 Å². The first-order valence-electron chi connectivity index (χ1n) is 5.76. The third kappa shape index (κ3) is 6.03. The molecule has 0 fully saturated rings. The second kappa shape index (κ2) is 9.07. The van der Waals surface area contributed by atoms with Gasteiger partial charge in [0.2, 0.25) is 0 Å². The van der Waals surface area contributed by atoms with Crippen molar-refractivity contribution in [2.24, 2.45) is 0 Å². The molecule has 1 unspecified atom stereocenters. The van der Waals surface area contributed by atoms with Crippen LogP contribution in [0.1, 0.15) is 46.5 Å². The molecule has 0 aliphatic carbocycles. The van der Waals surface area contributed by atoms with Gasteiger partial charge < -0.3 is 4.74 Å². The first-order chi connectivity index (χ1) is 6.76. The number of ether oxygens (including phenoxy) is 1. The molecule has 0 aromatic rings. The monoisotopic (exact) mass is 199 g/mol. The molecule has 0 saturated carbocycles. The van der Waals surface area contributed by atoms with Crippen molar-refractivity contribution in [2.45, 2.75) is 52.7 Å². The summed E-state index contributed by atoms with van der Waals surface area (Å²) in [5, 5.41) is 0. The summed E-state index contributed by atoms with van der Waals surface area (Å²) in [7, 11) is 0. The molecule has 0 rings (SSSR count). The highest BCUT2D eigenvalue weighted by molar-refractivity contribution is 4.62. The van der Waals surface area contributed by atoms with Gasteiger partial charge in [-0.15, -0.1) is 0 Å². The number of hydrogen-bond acceptors (Lipinski definition) is 2. The molecule has 2 nitrogen and oxygen atoms in total. The molecule has 0 spiro atoms. The third-order valence-electron chi connectivity index (χ3n) is 2.41. The zero-order valence-corrected chi connectivity index (χ0v) is 9.96. The minimum absolute atomic E-state index is 0.172. The lowest BCUT2D eigenvalue weighted by Gasteiger charge is -2.27. The van der Waals surface area contributed by atoms with Crippen LogP contribution < -0.4 is 0 Å². The van der Waals surface area contributed by atoms with Crippen LogP contribution in [0.4, 0.5) is 0 Å². The quantitative estimate of drug-likeness (QED) is 0.417. The van der Waals surface area contributed by atoms with Crippen molar-refractivity contribution in [1.82, 2.24) is 4.90 Å². The van der Waals surface area contributed by atoms with E-state index in [2.05, 4.69) is 32.3 Å². The number of nitrogens with zero attached hydrogens (tertiary/aromatic N) is 1. The fourth-order valence-corrected chi connectivity index (χ4v) is 1.42. The summed E-state index contributed by atoms with van der Waals surface area (Å²) in [5.41, 5.74) is 0. The molecule has 0 aromatic heterocycles. The molecule has 0 N–H and O–H groups in total. The van der Waals surface area contributed by atoms with Crippen LogP contribution in [0.3, 0.4) is 0 Å². The van der Waals surface area contributed by atoms with Crippen LogP contribution in [0.15, 0.2) is 12.8 Å². The molecule has 0 bridgehead atoms. The summed E-state index contributed by atoms with van der Waals surface area (Å²) in [6, 6.07) is 0. The third-order valence-corrected chi connectivity index (χ3v) is 2.41. The Morgan fingerprint density at radius 2 is 1.71 bits per heavy atom. The van der Waals surface area contributed by atoms with Crippen LogP contribution in [-0.2, 0) is 4.74 Å². The van der Waals surface area contributed by atoms with Crippen LogP contribution in [-0.4, -0.2) is 24.2 Å². The van der Waals surface area contributed by atoms with E-state index < -0.39 is 0 Å². The van der Waals surface area contributed by atoms with Crippen LogP contribution in [0.5, 0.6) is 0 Å². The summed E-state index contributed by atoms with van der Waals surface area (Å²) < 4.78 is 5.39. The first-order valence-corrected chi connectivity index (χ1v) is 5.76. The summed E-state index contributed by atoms with van der Waals surface area (Å²) in [5.74, 6) is 0. The van der Waals surface area contributed by atoms with Gasteiger partial charge in [0.15, 0.2) is 0 Å². The minimum Gasteiger partial charge on any atom is -0.484 e. The Hall–Kier alpha value is -0.500. The lowest BCUT2D eigenvalue weighted by atomic mass is 10.2. The highest BCUT2D eigenvalue weighted by Gasteiger charge is 2.11. The molecule has 0 amide bonds. The van der Waals surface area contributed by atoms with E-state index >= 15 is 0 Å². The lowest BCUT2D eigenvalue weighted by Crippen LogP contribution is -2.35. The Morgan fingerprint density at radius 3 is 2.07 bits per heavy atom. The molecule has 0 aliphatic rings. The predicted octanol–water partition coefficient (Wildman–Crippen LogP) is 3.39. The van der Waals surface area contributed by atoms with Crippen molar-refractivity contribution >= 4 is 0 Å². The fraction of sp³-hybridized carbons (Fsp3) is 0.833. The average Bonchev–Trinajstić information content (AvgIpc) is 2.18. The van der Waals surface area contributed by atoms with Crippen LogP contribution >= 0.6 is 0 Å². The van der Waals surface area contributed by atoms with Gasteiger partial charge in [-0.1, -0.05) is 33.3 Å². The zero-order valence-electron chi connectivity index (χ0n) is 9.96. The maximum absolute atomic E-state index is 5.39. The Morgan fingerprint density at radius 1 is 1.21 bits per heavy atom. The van der Waals surface area contributed by atoms with Gasteiger partial charge in [-0.2, -0.15) is 0 Å². The lowest BCUT2D eigenvalue weighted by molar-refractivity contribution is 0.00430. The molecule has 1 atom stereocenters. The Balaban J connectivity index is 3.86. The second-order valence-corrected chi connectivity index (χ2v) is 3.65. The molecule has 0 heterocycles. The summed E-state index contributed by atoms with van der Waals surface area (Å²) >= 11 is 0. The number of unbranched alkanes of at least 4 members (excludes halogenated alkanes) is 2. The molecular weight excluding hydrogens is 174 g/mol. The van der Waals surface area contributed by atoms with Gasteiger partial charge in [0.1, 0.15) is 6.23 Å². The SMILES string of the molecule is C=COC(C)N(CCCC)CCCC. The van der Waals surface area contributed by atoms with E-state index in [0.29, 0.717) is 0 Å². The van der Waals surface area contributed by atoms with Crippen molar-refractivity contribution < 1.29 is 4.74 Å². The smallest absolute Gasteiger partial charge is 0.148 e. The van der Waals surface area contributed by atoms with E-state index in [0.717, 1.165) is 13.1 Å². The first kappa shape index (κ1) is 13.5. The molecule has 2 heteroatoms. The highest BCUT2D eigenvalue weighted by atomic mass is 16.5. The number of rotatable bonds is 9. The van der Waals surface area contributed by atoms with Crippen molar-refractivity contribution in [1.29, 1.82) is 0 Å². The summed E-state index contributed by atoms with van der Waals surface area (Å²) in [4.78, 5) is 2.38. The second-order valence-electron chi connectivity index (χ2n) is 3.65. The average molecular weight is 199 g/mol. The fourth-order valence-electron chi connectivity index (χ4n) is 1.42. The van der Waals surface area contributed by atoms with Crippen molar-refractivity contribution in [3.63, 3.8) is 0 Å². The molecular formula is C12H25NO. The largest absolute Gasteiger partial charge is 0.484 e. The zero-order chi connectivity index (χ0) is 10.8. The van der Waals surface area contributed by atoms with Gasteiger partial charge in [-0.25, -0.2) is 0 Å². The Bertz CT molecular complexity index is 128. The van der Waals surface area contributed by atoms with Crippen molar-refractivity contribution in [3.8, 4) is 0 Å². The van der Waals surface area contributed by atoms with E-state index in [1.54, 1.807) is 0 Å². The predicted molar refractivity (Wildman–Crippen MR) is 62.1 cm³/mol. The van der Waals surface area contributed by atoms with Crippen molar-refractivity contribution in [3.05, 3.63) is 12.8 Å². The molecule has 0 radical (unpaired) electrons. The number of hydrogen-bond donors (Lipinski definition) is 0. The molecule has 84 valence electrons. The Kier molecular flexibility index (Phi) is 8.75. The normalized spacial score (nSPS) is 12.9. The topological polar surface area (TPSA) is 12.5 Å². The summed E-state index contributed by atoms with van der Waals surface area (Å²) in [6.45, 7) is 12.4. The highest BCUT2D eigenvalue weighted by Crippen LogP contribution is 2.06. The van der Waals surface area contributed by atoms with Crippen LogP contribution in [0.2, 0.25) is 0 Å². The standard InChI is InChI=1S/C12H25NO/c1-5-8-10-13(11-9-6-2)12(4)14-7-3/h7,12H,3,5-6,8-11H2,1-2,4H3. The van der Waals surface area contributed by atoms with Gasteiger partial charge in [-0.05, 0) is 19.8 Å². The van der Waals surface area contributed by atoms with Gasteiger partial charge in [0.05, 0.1) is 6.26 Å². The van der Waals surface area contributed by atoms with Gasteiger partial charge in [0.25, 0.3) is 0 Å². The van der Waals surface area contributed by atoms with Crippen LogP contribution in [0, 0.1) is 0 Å². The van der Waals surface area contributed by atoms with Crippen molar-refractivity contribution in [2.75, 3.05) is 13.1 Å². The van der Waals surface area contributed by atoms with Gasteiger partial charge in [-0.3, -0.25) is 4.90 Å². The molecule has 0 aromatic carbocycles. The maximum Gasteiger partial charge on any atom is 0.148 e. The minimum atomic E-state index is 0.172. The van der Waals surface area contributed by atoms with Crippen LogP contribution in [0.25, 0.3) is 0 Å². The van der Waals surface area contributed by atoms with Gasteiger partial charge >= 0.3 is 0 Å². The molecule has 0 aliphatic heterocycles. The van der Waals surface area contributed by atoms with E-state index in [4.69, 9.17) is 4.74 Å². The van der Waals surface area contributed by atoms with Gasteiger partial charge in [0, 0.05) is 13.1 Å². The molecule has 0 saturated heterocycles. The van der Waals surface area contributed by atoms with E-state index in [-0.39, 0.29) is 6.23 Å². The Labute approximate surface area is 88.9 Å².